The van der Waals surface area contributed by atoms with E-state index in [0.29, 0.717) is 6.04 Å². The van der Waals surface area contributed by atoms with Crippen LogP contribution in [0.2, 0.25) is 0 Å². The van der Waals surface area contributed by atoms with Crippen molar-refractivity contribution in [2.75, 3.05) is 13.1 Å². The number of piperidine rings is 1. The molecule has 2 aliphatic rings. The molecule has 3 rings (SSSR count). The molecule has 1 aliphatic heterocycles. The topological polar surface area (TPSA) is 49.8 Å². The molecule has 0 saturated carbocycles. The van der Waals surface area contributed by atoms with Gasteiger partial charge in [-0.1, -0.05) is 32.4 Å². The monoisotopic (exact) mass is 267 g/mol. The van der Waals surface area contributed by atoms with Crippen LogP contribution in [0.25, 0.3) is 12.2 Å². The third kappa shape index (κ3) is 3.18. The van der Waals surface area contributed by atoms with Gasteiger partial charge in [-0.25, -0.2) is 4.79 Å². The van der Waals surface area contributed by atoms with E-state index in [-0.39, 0.29) is 8.54 Å². The van der Waals surface area contributed by atoms with Crippen LogP contribution in [-0.4, -0.2) is 22.6 Å². The lowest BCUT2D eigenvalue weighted by atomic mass is 10.1. The van der Waals surface area contributed by atoms with Crippen molar-refractivity contribution in [2.24, 2.45) is 0 Å². The molecule has 0 bridgehead atoms. The van der Waals surface area contributed by atoms with E-state index in [4.69, 9.17) is 0 Å². The Morgan fingerprint density at radius 2 is 1.89 bits per heavy atom. The lowest BCUT2D eigenvalue weighted by Gasteiger charge is -2.23. The van der Waals surface area contributed by atoms with Crippen molar-refractivity contribution in [1.29, 1.82) is 0 Å². The van der Waals surface area contributed by atoms with Crippen molar-refractivity contribution in [3.63, 3.8) is 0 Å². The number of imidazole rings is 1. The Hall–Kier alpha value is -1.29. The first kappa shape index (κ1) is 14.1. The minimum atomic E-state index is 0. The summed E-state index contributed by atoms with van der Waals surface area (Å²) in [6, 6.07) is 0.372. The van der Waals surface area contributed by atoms with Crippen molar-refractivity contribution in [2.45, 2.75) is 52.0 Å². The Morgan fingerprint density at radius 3 is 2.58 bits per heavy atom. The smallest absolute Gasteiger partial charge is 0.317 e. The fraction of sp³-hybridized carbons (Fsp3) is 0.667. The predicted molar refractivity (Wildman–Crippen MR) is 83.8 cm³/mol. The van der Waals surface area contributed by atoms with E-state index in [1.54, 1.807) is 0 Å². The highest BCUT2D eigenvalue weighted by molar-refractivity contribution is 5.33. The van der Waals surface area contributed by atoms with E-state index in [9.17, 15) is 4.79 Å². The highest BCUT2D eigenvalue weighted by Gasteiger charge is 2.18. The molecular formula is C15H29N3O. The molecule has 0 spiro atoms. The Labute approximate surface area is 117 Å². The molecule has 4 nitrogen and oxygen atoms in total. The Kier molecular flexibility index (Phi) is 5.02. The molecule has 0 unspecified atom stereocenters. The number of rotatable bonds is 1. The van der Waals surface area contributed by atoms with Crippen LogP contribution >= 0.6 is 0 Å². The van der Waals surface area contributed by atoms with Crippen LogP contribution in [0.15, 0.2) is 4.79 Å². The molecule has 4 heteroatoms. The Balaban J connectivity index is 0.000000742. The lowest BCUT2D eigenvalue weighted by molar-refractivity contribution is 0.356. The second-order valence-corrected chi connectivity index (χ2v) is 5.27. The quantitative estimate of drug-likeness (QED) is 0.807. The minimum Gasteiger partial charge on any atom is -0.317 e. The Bertz CT molecular complexity index is 571. The highest BCUT2D eigenvalue weighted by atomic mass is 16.1. The van der Waals surface area contributed by atoms with Crippen molar-refractivity contribution >= 4 is 12.2 Å². The van der Waals surface area contributed by atoms with Gasteiger partial charge >= 0.3 is 5.69 Å². The molecule has 0 radical (unpaired) electrons. The van der Waals surface area contributed by atoms with Gasteiger partial charge in [0, 0.05) is 8.90 Å². The number of nitrogens with zero attached hydrogens (tertiary/aromatic N) is 1. The van der Waals surface area contributed by atoms with Gasteiger partial charge in [0.2, 0.25) is 0 Å². The van der Waals surface area contributed by atoms with Crippen molar-refractivity contribution in [3.05, 3.63) is 21.2 Å². The second kappa shape index (κ2) is 6.75. The molecule has 0 aromatic carbocycles. The lowest BCUT2D eigenvalue weighted by Crippen LogP contribution is -2.40. The van der Waals surface area contributed by atoms with Gasteiger partial charge in [-0.2, -0.15) is 0 Å². The molecule has 2 N–H and O–H groups in total. The summed E-state index contributed by atoms with van der Waals surface area (Å²) in [5, 5.41) is 5.47. The van der Waals surface area contributed by atoms with Gasteiger partial charge in [-0.15, -0.1) is 0 Å². The van der Waals surface area contributed by atoms with Gasteiger partial charge in [-0.05, 0) is 38.8 Å². The average Bonchev–Trinajstić information content (AvgIpc) is 2.76. The average molecular weight is 267 g/mol. The molecule has 1 fully saturated rings. The number of fused-ring (bicyclic) bond motifs is 1. The molecule has 0 atom stereocenters. The molecule has 1 saturated heterocycles. The minimum absolute atomic E-state index is 0. The molecule has 19 heavy (non-hydrogen) atoms. The summed E-state index contributed by atoms with van der Waals surface area (Å²) in [4.78, 5) is 14.9. The number of aromatic nitrogens is 2. The maximum Gasteiger partial charge on any atom is 0.326 e. The maximum absolute atomic E-state index is 12.0. The van der Waals surface area contributed by atoms with Gasteiger partial charge in [0.1, 0.15) is 0 Å². The van der Waals surface area contributed by atoms with Crippen molar-refractivity contribution < 1.29 is 2.85 Å². The zero-order valence-electron chi connectivity index (χ0n) is 12.0. The summed E-state index contributed by atoms with van der Waals surface area (Å²) < 4.78 is 1.96. The van der Waals surface area contributed by atoms with Gasteiger partial charge < -0.3 is 10.3 Å². The van der Waals surface area contributed by atoms with E-state index in [1.165, 1.54) is 6.42 Å². The van der Waals surface area contributed by atoms with Crippen molar-refractivity contribution in [3.8, 4) is 0 Å². The molecule has 110 valence electrons. The number of aromatic amines is 1. The van der Waals surface area contributed by atoms with Gasteiger partial charge in [0.05, 0.1) is 10.7 Å². The van der Waals surface area contributed by atoms with Crippen molar-refractivity contribution in [1.82, 2.24) is 14.9 Å². The number of hydrogen-bond donors (Lipinski definition) is 2. The van der Waals surface area contributed by atoms with Gasteiger partial charge in [0.25, 0.3) is 0 Å². The van der Waals surface area contributed by atoms with Gasteiger partial charge in [-0.3, -0.25) is 4.57 Å². The van der Waals surface area contributed by atoms with E-state index in [2.05, 4.69) is 36.3 Å². The molecular weight excluding hydrogens is 238 g/mol. The Morgan fingerprint density at radius 1 is 1.26 bits per heavy atom. The maximum atomic E-state index is 12.0. The molecule has 1 aromatic rings. The van der Waals surface area contributed by atoms with Crippen LogP contribution < -0.4 is 21.7 Å². The van der Waals surface area contributed by atoms with E-state index < -0.39 is 0 Å². The standard InChI is InChI=1S/C12H17N3O.C3H8.2H2/c16-12-14-10-3-1-2-4-11(10)15(12)9-5-7-13-8-6-9;1-3-2;;/h3-4,9,13H,1-2,5-8H2,(H,14,16);3H2,1-2H3;2*1H. The first-order valence-corrected chi connectivity index (χ1v) is 7.49. The van der Waals surface area contributed by atoms with E-state index in [1.807, 2.05) is 4.57 Å². The van der Waals surface area contributed by atoms with E-state index in [0.717, 1.165) is 49.5 Å². The van der Waals surface area contributed by atoms with Crippen LogP contribution in [0, 0.1) is 0 Å². The summed E-state index contributed by atoms with van der Waals surface area (Å²) in [5.74, 6) is 0. The predicted octanol–water partition coefficient (Wildman–Crippen LogP) is 1.36. The van der Waals surface area contributed by atoms with Crippen LogP contribution in [0.4, 0.5) is 0 Å². The summed E-state index contributed by atoms with van der Waals surface area (Å²) in [7, 11) is 0. The zero-order valence-corrected chi connectivity index (χ0v) is 12.0. The second-order valence-electron chi connectivity index (χ2n) is 5.27. The SMILES string of the molecule is CCC.O=c1[nH]c2c(n1C1CCNCC1)=CCCC=2.[HH].[HH]. The number of hydrogen-bond acceptors (Lipinski definition) is 2. The third-order valence-corrected chi connectivity index (χ3v) is 3.52. The summed E-state index contributed by atoms with van der Waals surface area (Å²) >= 11 is 0. The fourth-order valence-electron chi connectivity index (χ4n) is 2.72. The van der Waals surface area contributed by atoms with Crippen LogP contribution in [0.1, 0.15) is 54.8 Å². The summed E-state index contributed by atoms with van der Waals surface area (Å²) in [5.41, 5.74) is 0.0614. The number of H-pyrrole nitrogens is 1. The third-order valence-electron chi connectivity index (χ3n) is 3.52. The van der Waals surface area contributed by atoms with Crippen LogP contribution in [0.5, 0.6) is 0 Å². The number of nitrogens with one attached hydrogen (secondary N) is 2. The zero-order chi connectivity index (χ0) is 13.7. The molecule has 1 aromatic heterocycles. The molecule has 1 aliphatic carbocycles. The fourth-order valence-corrected chi connectivity index (χ4v) is 2.72. The highest BCUT2D eigenvalue weighted by Crippen LogP contribution is 2.14. The summed E-state index contributed by atoms with van der Waals surface area (Å²) in [6.45, 7) is 6.28. The van der Waals surface area contributed by atoms with Crippen LogP contribution in [-0.2, 0) is 0 Å². The largest absolute Gasteiger partial charge is 0.326 e. The first-order chi connectivity index (χ1) is 9.27. The van der Waals surface area contributed by atoms with E-state index >= 15 is 0 Å². The normalized spacial score (nSPS) is 18.6. The van der Waals surface area contributed by atoms with Gasteiger partial charge in [0.15, 0.2) is 0 Å². The summed E-state index contributed by atoms with van der Waals surface area (Å²) in [6.07, 6.45) is 9.77. The van der Waals surface area contributed by atoms with Crippen LogP contribution in [0.3, 0.4) is 0 Å². The first-order valence-electron chi connectivity index (χ1n) is 7.49. The molecule has 0 amide bonds. The molecule has 2 heterocycles.